The lowest BCUT2D eigenvalue weighted by molar-refractivity contribution is 0.189. The Morgan fingerprint density at radius 1 is 1.45 bits per heavy atom. The van der Waals surface area contributed by atoms with Gasteiger partial charge < -0.3 is 14.8 Å². The summed E-state index contributed by atoms with van der Waals surface area (Å²) in [7, 11) is 0. The largest absolute Gasteiger partial charge is 0.466 e. The van der Waals surface area contributed by atoms with Gasteiger partial charge in [-0.15, -0.1) is 0 Å². The number of hydrogen-bond acceptors (Lipinski definition) is 4. The highest BCUT2D eigenvalue weighted by atomic mass is 35.5. The van der Waals surface area contributed by atoms with E-state index in [1.54, 1.807) is 24.4 Å². The number of aliphatic hydroxyl groups excluding tert-OH is 1. The standard InChI is InChI=1S/C15H15ClN2O2/c16-12-8-11(15(19)13-2-1-7-20-13)9-18-14(12)10-3-5-17-6-4-10/h1-3,7-9,15,17,19H,4-6H2. The lowest BCUT2D eigenvalue weighted by atomic mass is 10.0. The number of nitrogens with zero attached hydrogens (tertiary/aromatic N) is 1. The fourth-order valence-electron chi connectivity index (χ4n) is 2.29. The van der Waals surface area contributed by atoms with E-state index < -0.39 is 6.10 Å². The first-order valence-corrected chi connectivity index (χ1v) is 6.90. The molecule has 1 aliphatic rings. The van der Waals surface area contributed by atoms with Crippen molar-refractivity contribution >= 4 is 17.2 Å². The van der Waals surface area contributed by atoms with Crippen LogP contribution in [0.4, 0.5) is 0 Å². The molecule has 0 saturated heterocycles. The highest BCUT2D eigenvalue weighted by molar-refractivity contribution is 6.32. The summed E-state index contributed by atoms with van der Waals surface area (Å²) in [5, 5.41) is 14.0. The molecule has 1 atom stereocenters. The SMILES string of the molecule is OC(c1cnc(C2=CCNCC2)c(Cl)c1)c1ccco1. The molecule has 1 aliphatic heterocycles. The summed E-state index contributed by atoms with van der Waals surface area (Å²) in [4.78, 5) is 4.40. The van der Waals surface area contributed by atoms with Crippen molar-refractivity contribution in [2.45, 2.75) is 12.5 Å². The Bertz CT molecular complexity index is 623. The summed E-state index contributed by atoms with van der Waals surface area (Å²) in [6, 6.07) is 5.21. The molecule has 3 rings (SSSR count). The van der Waals surface area contributed by atoms with E-state index in [2.05, 4.69) is 16.4 Å². The molecule has 1 unspecified atom stereocenters. The van der Waals surface area contributed by atoms with Gasteiger partial charge in [-0.2, -0.15) is 0 Å². The van der Waals surface area contributed by atoms with E-state index in [9.17, 15) is 5.11 Å². The van der Waals surface area contributed by atoms with Crippen LogP contribution in [-0.4, -0.2) is 23.2 Å². The molecule has 2 aromatic heterocycles. The first kappa shape index (κ1) is 13.4. The van der Waals surface area contributed by atoms with E-state index in [4.69, 9.17) is 16.0 Å². The number of hydrogen-bond donors (Lipinski definition) is 2. The monoisotopic (exact) mass is 290 g/mol. The molecule has 0 spiro atoms. The number of pyridine rings is 1. The van der Waals surface area contributed by atoms with Crippen molar-refractivity contribution in [1.82, 2.24) is 10.3 Å². The van der Waals surface area contributed by atoms with Crippen LogP contribution in [0.25, 0.3) is 5.57 Å². The molecule has 5 heteroatoms. The van der Waals surface area contributed by atoms with Gasteiger partial charge in [0.15, 0.2) is 0 Å². The maximum Gasteiger partial charge on any atom is 0.138 e. The number of aliphatic hydroxyl groups is 1. The predicted molar refractivity (Wildman–Crippen MR) is 77.5 cm³/mol. The molecule has 0 bridgehead atoms. The molecule has 0 radical (unpaired) electrons. The van der Waals surface area contributed by atoms with Crippen molar-refractivity contribution in [3.8, 4) is 0 Å². The van der Waals surface area contributed by atoms with E-state index in [1.165, 1.54) is 6.26 Å². The lowest BCUT2D eigenvalue weighted by Crippen LogP contribution is -2.20. The fourth-order valence-corrected chi connectivity index (χ4v) is 2.58. The molecule has 0 amide bonds. The van der Waals surface area contributed by atoms with Crippen LogP contribution in [0.1, 0.15) is 29.5 Å². The average molecular weight is 291 g/mol. The van der Waals surface area contributed by atoms with Gasteiger partial charge in [-0.3, -0.25) is 4.98 Å². The minimum Gasteiger partial charge on any atom is -0.466 e. The summed E-state index contributed by atoms with van der Waals surface area (Å²) >= 11 is 6.30. The molecule has 3 heterocycles. The van der Waals surface area contributed by atoms with Gasteiger partial charge in [0.05, 0.1) is 17.0 Å². The van der Waals surface area contributed by atoms with E-state index in [0.29, 0.717) is 16.3 Å². The van der Waals surface area contributed by atoms with Gasteiger partial charge in [-0.25, -0.2) is 0 Å². The summed E-state index contributed by atoms with van der Waals surface area (Å²) in [6.45, 7) is 1.77. The molecule has 0 saturated carbocycles. The summed E-state index contributed by atoms with van der Waals surface area (Å²) in [5.41, 5.74) is 2.57. The maximum absolute atomic E-state index is 10.2. The molecule has 0 fully saturated rings. The minimum atomic E-state index is -0.842. The molecule has 104 valence electrons. The van der Waals surface area contributed by atoms with E-state index in [0.717, 1.165) is 30.8 Å². The third kappa shape index (κ3) is 2.63. The Labute approximate surface area is 122 Å². The van der Waals surface area contributed by atoms with Gasteiger partial charge in [-0.1, -0.05) is 17.7 Å². The van der Waals surface area contributed by atoms with Gasteiger partial charge in [0.1, 0.15) is 11.9 Å². The third-order valence-electron chi connectivity index (χ3n) is 3.36. The van der Waals surface area contributed by atoms with Crippen molar-refractivity contribution in [3.63, 3.8) is 0 Å². The average Bonchev–Trinajstić information content (AvgIpc) is 3.01. The molecule has 0 aliphatic carbocycles. The van der Waals surface area contributed by atoms with Crippen LogP contribution in [-0.2, 0) is 0 Å². The quantitative estimate of drug-likeness (QED) is 0.912. The Hall–Kier alpha value is -1.62. The number of halogens is 1. The lowest BCUT2D eigenvalue weighted by Gasteiger charge is -2.16. The molecular weight excluding hydrogens is 276 g/mol. The third-order valence-corrected chi connectivity index (χ3v) is 3.65. The van der Waals surface area contributed by atoms with Gasteiger partial charge in [0, 0.05) is 18.3 Å². The van der Waals surface area contributed by atoms with Gasteiger partial charge in [-0.05, 0) is 36.7 Å². The Balaban J connectivity index is 1.89. The van der Waals surface area contributed by atoms with Gasteiger partial charge in [0.2, 0.25) is 0 Å². The van der Waals surface area contributed by atoms with Crippen molar-refractivity contribution in [2.24, 2.45) is 0 Å². The summed E-state index contributed by atoms with van der Waals surface area (Å²) in [5.74, 6) is 0.483. The minimum absolute atomic E-state index is 0.483. The number of aromatic nitrogens is 1. The van der Waals surface area contributed by atoms with Crippen molar-refractivity contribution in [2.75, 3.05) is 13.1 Å². The Morgan fingerprint density at radius 2 is 2.35 bits per heavy atom. The van der Waals surface area contributed by atoms with Crippen LogP contribution < -0.4 is 5.32 Å². The van der Waals surface area contributed by atoms with Gasteiger partial charge >= 0.3 is 0 Å². The van der Waals surface area contributed by atoms with Crippen molar-refractivity contribution in [3.05, 3.63) is 58.8 Å². The first-order valence-electron chi connectivity index (χ1n) is 6.53. The zero-order valence-corrected chi connectivity index (χ0v) is 11.6. The number of furan rings is 1. The van der Waals surface area contributed by atoms with E-state index in [-0.39, 0.29) is 0 Å². The van der Waals surface area contributed by atoms with E-state index in [1.807, 2.05) is 0 Å². The summed E-state index contributed by atoms with van der Waals surface area (Å²) < 4.78 is 5.20. The highest BCUT2D eigenvalue weighted by Gasteiger charge is 2.17. The Kier molecular flexibility index (Phi) is 3.87. The Morgan fingerprint density at radius 3 is 3.00 bits per heavy atom. The first-order chi connectivity index (χ1) is 9.75. The molecule has 20 heavy (non-hydrogen) atoms. The van der Waals surface area contributed by atoms with Crippen LogP contribution in [0.2, 0.25) is 5.02 Å². The van der Waals surface area contributed by atoms with Crippen LogP contribution in [0.15, 0.2) is 41.2 Å². The zero-order chi connectivity index (χ0) is 13.9. The van der Waals surface area contributed by atoms with E-state index >= 15 is 0 Å². The topological polar surface area (TPSA) is 58.3 Å². The molecule has 2 aromatic rings. The fraction of sp³-hybridized carbons (Fsp3) is 0.267. The van der Waals surface area contributed by atoms with Crippen molar-refractivity contribution in [1.29, 1.82) is 0 Å². The smallest absolute Gasteiger partial charge is 0.138 e. The van der Waals surface area contributed by atoms with Gasteiger partial charge in [0.25, 0.3) is 0 Å². The molecular formula is C15H15ClN2O2. The number of nitrogens with one attached hydrogen (secondary N) is 1. The summed E-state index contributed by atoms with van der Waals surface area (Å²) in [6.07, 6.45) is 5.35. The second-order valence-corrected chi connectivity index (χ2v) is 5.11. The molecule has 0 aromatic carbocycles. The van der Waals surface area contributed by atoms with Crippen LogP contribution >= 0.6 is 11.6 Å². The maximum atomic E-state index is 10.2. The van der Waals surface area contributed by atoms with Crippen LogP contribution in [0, 0.1) is 0 Å². The molecule has 2 N–H and O–H groups in total. The number of rotatable bonds is 3. The second-order valence-electron chi connectivity index (χ2n) is 4.70. The molecule has 4 nitrogen and oxygen atoms in total. The predicted octanol–water partition coefficient (Wildman–Crippen LogP) is 2.79. The highest BCUT2D eigenvalue weighted by Crippen LogP contribution is 2.29. The second kappa shape index (κ2) is 5.79. The van der Waals surface area contributed by atoms with Crippen molar-refractivity contribution < 1.29 is 9.52 Å². The van der Waals surface area contributed by atoms with Crippen LogP contribution in [0.5, 0.6) is 0 Å². The van der Waals surface area contributed by atoms with Crippen LogP contribution in [0.3, 0.4) is 0 Å². The normalized spacial score (nSPS) is 16.8. The zero-order valence-electron chi connectivity index (χ0n) is 10.8.